The van der Waals surface area contributed by atoms with Gasteiger partial charge >= 0.3 is 5.97 Å². The molecule has 2 fully saturated rings. The number of aliphatic hydroxyl groups excluding tert-OH is 1. The molecule has 1 aromatic heterocycles. The van der Waals surface area contributed by atoms with E-state index < -0.39 is 42.1 Å². The van der Waals surface area contributed by atoms with Crippen LogP contribution < -0.4 is 5.73 Å². The van der Waals surface area contributed by atoms with E-state index in [-0.39, 0.29) is 30.0 Å². The first kappa shape index (κ1) is 17.8. The zero-order valence-corrected chi connectivity index (χ0v) is 14.1. The number of nitrogens with two attached hydrogens (primary N) is 1. The lowest BCUT2D eigenvalue weighted by Crippen LogP contribution is -2.31. The molecule has 10 heteroatoms. The molecule has 138 valence electrons. The van der Waals surface area contributed by atoms with Crippen molar-refractivity contribution in [3.63, 3.8) is 0 Å². The molecule has 3 heterocycles. The van der Waals surface area contributed by atoms with Crippen molar-refractivity contribution in [3.05, 3.63) is 17.0 Å². The fourth-order valence-electron chi connectivity index (χ4n) is 3.28. The number of aromatic amines is 1. The minimum Gasteiger partial charge on any atom is -0.465 e. The fraction of sp³-hybridized carbons (Fsp3) is 0.667. The average molecular weight is 355 g/mol. The molecule has 2 aliphatic heterocycles. The summed E-state index contributed by atoms with van der Waals surface area (Å²) in [5.74, 6) is -2.16. The second kappa shape index (κ2) is 6.37. The molecule has 3 rings (SSSR count). The summed E-state index contributed by atoms with van der Waals surface area (Å²) in [6.07, 6.45) is -2.67. The molecule has 4 N–H and O–H groups in total. The van der Waals surface area contributed by atoms with E-state index in [1.165, 1.54) is 7.11 Å². The van der Waals surface area contributed by atoms with Crippen molar-refractivity contribution in [2.45, 2.75) is 50.5 Å². The van der Waals surface area contributed by atoms with Crippen LogP contribution in [0.25, 0.3) is 0 Å². The van der Waals surface area contributed by atoms with Gasteiger partial charge < -0.3 is 29.8 Å². The van der Waals surface area contributed by atoms with Crippen molar-refractivity contribution in [2.24, 2.45) is 5.73 Å². The number of ether oxygens (including phenoxy) is 4. The van der Waals surface area contributed by atoms with Gasteiger partial charge in [-0.25, -0.2) is 4.79 Å². The van der Waals surface area contributed by atoms with Gasteiger partial charge in [-0.1, -0.05) is 0 Å². The number of nitrogens with zero attached hydrogens (tertiary/aromatic N) is 1. The minimum atomic E-state index is -0.859. The Kier molecular flexibility index (Phi) is 4.54. The number of primary amides is 1. The number of hydrogen-bond acceptors (Lipinski definition) is 8. The maximum atomic E-state index is 12.2. The molecule has 0 aromatic carbocycles. The molecule has 0 aliphatic carbocycles. The van der Waals surface area contributed by atoms with E-state index in [0.29, 0.717) is 0 Å². The highest BCUT2D eigenvalue weighted by Gasteiger charge is 2.56. The first-order valence-corrected chi connectivity index (χ1v) is 7.83. The molecule has 4 atom stereocenters. The Labute approximate surface area is 143 Å². The summed E-state index contributed by atoms with van der Waals surface area (Å²) < 4.78 is 22.3. The highest BCUT2D eigenvalue weighted by molar-refractivity contribution is 5.93. The molecule has 2 saturated heterocycles. The van der Waals surface area contributed by atoms with E-state index in [0.717, 1.165) is 0 Å². The second-order valence-corrected chi connectivity index (χ2v) is 6.44. The van der Waals surface area contributed by atoms with Crippen LogP contribution in [0.3, 0.4) is 0 Å². The van der Waals surface area contributed by atoms with Crippen molar-refractivity contribution < 1.29 is 33.6 Å². The van der Waals surface area contributed by atoms with Gasteiger partial charge in [0.05, 0.1) is 25.8 Å². The van der Waals surface area contributed by atoms with Crippen molar-refractivity contribution in [1.29, 1.82) is 0 Å². The number of fused-ring (bicyclic) bond motifs is 1. The first-order chi connectivity index (χ1) is 11.8. The van der Waals surface area contributed by atoms with Gasteiger partial charge in [0.2, 0.25) is 5.91 Å². The standard InChI is InChI=1S/C15H21N3O7/c1-15(2)24-11-7(5-19)23-12(13(11)25-15)10-9(14(21)22-3)6(17-18-10)4-8(16)20/h7,11-13,19H,4-5H2,1-3H3,(H2,16,20)(H,17,18)/t7-,11-,12+,13-/m1/s1. The highest BCUT2D eigenvalue weighted by Crippen LogP contribution is 2.45. The molecular weight excluding hydrogens is 334 g/mol. The predicted molar refractivity (Wildman–Crippen MR) is 81.4 cm³/mol. The summed E-state index contributed by atoms with van der Waals surface area (Å²) >= 11 is 0. The number of rotatable bonds is 5. The van der Waals surface area contributed by atoms with E-state index in [2.05, 4.69) is 10.2 Å². The smallest absolute Gasteiger partial charge is 0.341 e. The Hall–Kier alpha value is -2.01. The van der Waals surface area contributed by atoms with Gasteiger partial charge in [-0.15, -0.1) is 0 Å². The number of hydrogen-bond donors (Lipinski definition) is 3. The minimum absolute atomic E-state index is 0.0805. The summed E-state index contributed by atoms with van der Waals surface area (Å²) in [5, 5.41) is 16.3. The predicted octanol–water partition coefficient (Wildman–Crippen LogP) is -0.824. The molecule has 10 nitrogen and oxygen atoms in total. The number of methoxy groups -OCH3 is 1. The number of H-pyrrole nitrogens is 1. The Morgan fingerprint density at radius 1 is 1.36 bits per heavy atom. The number of esters is 1. The van der Waals surface area contributed by atoms with Gasteiger partial charge in [0.1, 0.15) is 35.7 Å². The average Bonchev–Trinajstić information content (AvgIpc) is 3.16. The highest BCUT2D eigenvalue weighted by atomic mass is 16.8. The molecule has 0 bridgehead atoms. The van der Waals surface area contributed by atoms with Gasteiger partial charge in [0.15, 0.2) is 5.79 Å². The third kappa shape index (κ3) is 3.13. The molecule has 0 unspecified atom stereocenters. The third-order valence-corrected chi connectivity index (χ3v) is 4.21. The van der Waals surface area contributed by atoms with Crippen LogP contribution in [0.2, 0.25) is 0 Å². The van der Waals surface area contributed by atoms with E-state index in [1.54, 1.807) is 13.8 Å². The van der Waals surface area contributed by atoms with Crippen LogP contribution in [0.1, 0.15) is 41.7 Å². The van der Waals surface area contributed by atoms with Crippen LogP contribution in [0.5, 0.6) is 0 Å². The van der Waals surface area contributed by atoms with Crippen LogP contribution >= 0.6 is 0 Å². The fourth-order valence-corrected chi connectivity index (χ4v) is 3.28. The van der Waals surface area contributed by atoms with Crippen LogP contribution in [0.4, 0.5) is 0 Å². The lowest BCUT2D eigenvalue weighted by atomic mass is 10.0. The van der Waals surface area contributed by atoms with Crippen LogP contribution in [0.15, 0.2) is 0 Å². The zero-order valence-electron chi connectivity index (χ0n) is 14.1. The summed E-state index contributed by atoms with van der Waals surface area (Å²) in [6, 6.07) is 0. The Bertz CT molecular complexity index is 687. The normalized spacial score (nSPS) is 30.2. The van der Waals surface area contributed by atoms with E-state index in [1.807, 2.05) is 0 Å². The lowest BCUT2D eigenvalue weighted by molar-refractivity contribution is -0.191. The van der Waals surface area contributed by atoms with Crippen LogP contribution in [-0.2, 0) is 30.2 Å². The van der Waals surface area contributed by atoms with E-state index in [4.69, 9.17) is 24.7 Å². The molecule has 1 aromatic rings. The molecule has 0 saturated carbocycles. The number of amides is 1. The topological polar surface area (TPSA) is 146 Å². The Morgan fingerprint density at radius 3 is 2.64 bits per heavy atom. The monoisotopic (exact) mass is 355 g/mol. The maximum absolute atomic E-state index is 12.2. The number of aliphatic hydroxyl groups is 1. The van der Waals surface area contributed by atoms with E-state index >= 15 is 0 Å². The van der Waals surface area contributed by atoms with Crippen LogP contribution in [0, 0.1) is 0 Å². The van der Waals surface area contributed by atoms with Crippen molar-refractivity contribution >= 4 is 11.9 Å². The van der Waals surface area contributed by atoms with Gasteiger partial charge in [-0.05, 0) is 13.8 Å². The molecule has 0 radical (unpaired) electrons. The Morgan fingerprint density at radius 2 is 2.04 bits per heavy atom. The quantitative estimate of drug-likeness (QED) is 0.581. The summed E-state index contributed by atoms with van der Waals surface area (Å²) in [6.45, 7) is 3.23. The van der Waals surface area contributed by atoms with Crippen molar-refractivity contribution in [1.82, 2.24) is 10.2 Å². The van der Waals surface area contributed by atoms with E-state index in [9.17, 15) is 14.7 Å². The van der Waals surface area contributed by atoms with Crippen LogP contribution in [-0.4, -0.2) is 65.0 Å². The van der Waals surface area contributed by atoms with Gasteiger partial charge in [-0.3, -0.25) is 9.89 Å². The van der Waals surface area contributed by atoms with Crippen molar-refractivity contribution in [2.75, 3.05) is 13.7 Å². The Balaban J connectivity index is 1.99. The zero-order chi connectivity index (χ0) is 18.4. The molecule has 1 amide bonds. The largest absolute Gasteiger partial charge is 0.465 e. The first-order valence-electron chi connectivity index (χ1n) is 7.83. The number of carbonyl (C=O) groups excluding carboxylic acids is 2. The summed E-state index contributed by atoms with van der Waals surface area (Å²) in [5.41, 5.74) is 5.76. The lowest BCUT2D eigenvalue weighted by Gasteiger charge is -2.23. The SMILES string of the molecule is COC(=O)c1c([C@@H]2O[C@H](CO)[C@H]3OC(C)(C)O[C@H]32)n[nH]c1CC(N)=O. The summed E-state index contributed by atoms with van der Waals surface area (Å²) in [7, 11) is 1.22. The third-order valence-electron chi connectivity index (χ3n) is 4.21. The molecular formula is C15H21N3O7. The second-order valence-electron chi connectivity index (χ2n) is 6.44. The number of carbonyl (C=O) groups is 2. The number of nitrogens with one attached hydrogen (secondary N) is 1. The maximum Gasteiger partial charge on any atom is 0.341 e. The van der Waals surface area contributed by atoms with Gasteiger partial charge in [0, 0.05) is 0 Å². The number of aromatic nitrogens is 2. The molecule has 25 heavy (non-hydrogen) atoms. The molecule has 0 spiro atoms. The molecule has 2 aliphatic rings. The van der Waals surface area contributed by atoms with Gasteiger partial charge in [-0.2, -0.15) is 5.10 Å². The van der Waals surface area contributed by atoms with Crippen molar-refractivity contribution in [3.8, 4) is 0 Å². The van der Waals surface area contributed by atoms with Gasteiger partial charge in [0.25, 0.3) is 0 Å². The summed E-state index contributed by atoms with van der Waals surface area (Å²) in [4.78, 5) is 23.5.